The van der Waals surface area contributed by atoms with Gasteiger partial charge in [-0.2, -0.15) is 0 Å². The molecule has 0 aromatic rings. The highest BCUT2D eigenvalue weighted by Crippen LogP contribution is 2.67. The van der Waals surface area contributed by atoms with Gasteiger partial charge >= 0.3 is 0 Å². The van der Waals surface area contributed by atoms with Gasteiger partial charge in [-0.3, -0.25) is 9.13 Å². The van der Waals surface area contributed by atoms with Crippen LogP contribution in [-0.2, 0) is 55.8 Å². The molecular formula is C34H62O12P2SSi. The standard InChI is InChI=1S/C34H62O12P2SSi/c1-12-22-42-25-21(15-38-50(10,11)32(3,4)5)39-30(28(26(25)43-22)45-47(35)16-33(6,7)17-47)37-14-20-24-27(44-23(13-2)41-24)29(31(49)40-20)46-48(36)18-34(8,9)19-48/h20-31,49H,12-19H2,1-11H3/t20-,21-,22?,23?,24-,25-,26+,27+,28-,29-,30-,31+/m1/s1. The summed E-state index contributed by atoms with van der Waals surface area (Å²) in [6.45, 7) is 23.7. The maximum absolute atomic E-state index is 13.9. The fraction of sp³-hybridized carbons (Fsp3) is 1.00. The van der Waals surface area contributed by atoms with Crippen molar-refractivity contribution in [3.63, 3.8) is 0 Å². The van der Waals surface area contributed by atoms with Crippen LogP contribution < -0.4 is 0 Å². The lowest BCUT2D eigenvalue weighted by molar-refractivity contribution is -0.288. The predicted octanol–water partition coefficient (Wildman–Crippen LogP) is 6.85. The van der Waals surface area contributed by atoms with Crippen LogP contribution in [0.4, 0.5) is 0 Å². The third-order valence-corrected chi connectivity index (χ3v) is 22.8. The van der Waals surface area contributed by atoms with Gasteiger partial charge in [-0.05, 0) is 41.8 Å². The van der Waals surface area contributed by atoms with Gasteiger partial charge < -0.3 is 46.6 Å². The summed E-state index contributed by atoms with van der Waals surface area (Å²) in [5.74, 6) is 0. The lowest BCUT2D eigenvalue weighted by Crippen LogP contribution is -2.61. The van der Waals surface area contributed by atoms with Crippen LogP contribution in [0.2, 0.25) is 18.1 Å². The Morgan fingerprint density at radius 3 is 1.60 bits per heavy atom. The minimum atomic E-state index is -2.96. The zero-order valence-corrected chi connectivity index (χ0v) is 35.5. The summed E-state index contributed by atoms with van der Waals surface area (Å²) in [6.07, 6.45) is -3.41. The third kappa shape index (κ3) is 8.39. The average Bonchev–Trinajstić information content (AvgIpc) is 3.60. The van der Waals surface area contributed by atoms with Crippen molar-refractivity contribution in [3.05, 3.63) is 0 Å². The minimum Gasteiger partial charge on any atom is -0.414 e. The smallest absolute Gasteiger partial charge is 0.204 e. The van der Waals surface area contributed by atoms with E-state index in [4.69, 9.17) is 59.3 Å². The van der Waals surface area contributed by atoms with Crippen molar-refractivity contribution >= 4 is 35.7 Å². The van der Waals surface area contributed by atoms with Crippen molar-refractivity contribution in [2.45, 2.75) is 166 Å². The molecule has 0 saturated carbocycles. The quantitative estimate of drug-likeness (QED) is 0.126. The molecule has 50 heavy (non-hydrogen) atoms. The molecule has 2 unspecified atom stereocenters. The number of thiol groups is 1. The number of hydrogen-bond donors (Lipinski definition) is 1. The van der Waals surface area contributed by atoms with Gasteiger partial charge in [0.1, 0.15) is 54.3 Å². The van der Waals surface area contributed by atoms with Gasteiger partial charge in [0.15, 0.2) is 27.2 Å². The summed E-state index contributed by atoms with van der Waals surface area (Å²) in [5, 5.41) is 0.000152. The van der Waals surface area contributed by atoms with E-state index in [9.17, 15) is 9.13 Å². The molecule has 16 heteroatoms. The highest BCUT2D eigenvalue weighted by molar-refractivity contribution is 7.80. The highest BCUT2D eigenvalue weighted by atomic mass is 32.1. The first-order valence-electron chi connectivity index (χ1n) is 18.4. The Hall–Kier alpha value is 0.627. The summed E-state index contributed by atoms with van der Waals surface area (Å²) in [4.78, 5) is 0. The van der Waals surface area contributed by atoms with E-state index in [2.05, 4.69) is 61.6 Å². The molecule has 0 N–H and O–H groups in total. The molecule has 6 aliphatic heterocycles. The van der Waals surface area contributed by atoms with Crippen LogP contribution in [-0.4, -0.2) is 119 Å². The zero-order valence-electron chi connectivity index (χ0n) is 31.8. The first-order chi connectivity index (χ1) is 23.1. The van der Waals surface area contributed by atoms with Gasteiger partial charge in [0.2, 0.25) is 14.7 Å². The van der Waals surface area contributed by atoms with Crippen LogP contribution in [0.5, 0.6) is 0 Å². The van der Waals surface area contributed by atoms with E-state index in [1.54, 1.807) is 0 Å². The van der Waals surface area contributed by atoms with E-state index in [1.807, 2.05) is 13.8 Å². The second kappa shape index (κ2) is 14.3. The molecule has 0 aromatic heterocycles. The Morgan fingerprint density at radius 1 is 0.700 bits per heavy atom. The Balaban J connectivity index is 1.21. The molecule has 290 valence electrons. The van der Waals surface area contributed by atoms with E-state index in [1.165, 1.54) is 0 Å². The number of ether oxygens (including phenoxy) is 7. The van der Waals surface area contributed by atoms with Crippen LogP contribution >= 0.6 is 27.4 Å². The molecule has 6 saturated heterocycles. The molecule has 12 atom stereocenters. The van der Waals surface area contributed by atoms with E-state index in [0.29, 0.717) is 44.1 Å². The first kappa shape index (κ1) is 40.3. The van der Waals surface area contributed by atoms with Crippen LogP contribution in [0.25, 0.3) is 0 Å². The normalized spacial score (nSPS) is 43.0. The van der Waals surface area contributed by atoms with Gasteiger partial charge in [0.05, 0.1) is 13.2 Å². The SMILES string of the molecule is CCC1O[C@@H]2[C@@H](OP3(=O)CC(C)(C)C3)[C@H](S)O[C@H](CO[C@@H]3O[C@H](CO[Si](C)(C)C(C)(C)C)[C@H]4OC(CC)O[C@@H]4[C@H]3OP3(=O)CC(C)(C)C3)[C@H]2O1. The molecular weight excluding hydrogens is 722 g/mol. The fourth-order valence-corrected chi connectivity index (χ4v) is 16.2. The van der Waals surface area contributed by atoms with Crippen LogP contribution in [0, 0.1) is 10.8 Å². The molecule has 0 bridgehead atoms. The van der Waals surface area contributed by atoms with Gasteiger partial charge in [-0.25, -0.2) is 0 Å². The topological polar surface area (TPSA) is 126 Å². The molecule has 6 fully saturated rings. The Morgan fingerprint density at radius 2 is 1.14 bits per heavy atom. The van der Waals surface area contributed by atoms with Gasteiger partial charge in [-0.15, -0.1) is 12.6 Å². The summed E-state index contributed by atoms with van der Waals surface area (Å²) in [5.41, 5.74) is -0.819. The average molecular weight is 785 g/mol. The van der Waals surface area contributed by atoms with Gasteiger partial charge in [0, 0.05) is 24.6 Å². The lowest BCUT2D eigenvalue weighted by atomic mass is 9.98. The molecule has 0 radical (unpaired) electrons. The minimum absolute atomic E-state index is 0.000152. The van der Waals surface area contributed by atoms with Crippen molar-refractivity contribution in [1.82, 2.24) is 0 Å². The molecule has 0 aromatic carbocycles. The summed E-state index contributed by atoms with van der Waals surface area (Å²) in [6, 6.07) is 0. The van der Waals surface area contributed by atoms with E-state index in [0.717, 1.165) is 0 Å². The third-order valence-electron chi connectivity index (χ3n) is 11.2. The summed E-state index contributed by atoms with van der Waals surface area (Å²) < 4.78 is 92.0. The van der Waals surface area contributed by atoms with Crippen molar-refractivity contribution in [2.24, 2.45) is 10.8 Å². The molecule has 6 heterocycles. The molecule has 6 aliphatic rings. The number of fused-ring (bicyclic) bond motifs is 2. The Kier molecular flexibility index (Phi) is 11.5. The summed E-state index contributed by atoms with van der Waals surface area (Å²) >= 11 is 4.77. The van der Waals surface area contributed by atoms with Crippen LogP contribution in [0.3, 0.4) is 0 Å². The van der Waals surface area contributed by atoms with E-state index in [-0.39, 0.29) is 22.5 Å². The zero-order chi connectivity index (χ0) is 36.7. The Labute approximate surface area is 305 Å². The largest absolute Gasteiger partial charge is 0.414 e. The molecule has 0 spiro atoms. The molecule has 0 aliphatic carbocycles. The maximum Gasteiger partial charge on any atom is 0.204 e. The molecule has 0 amide bonds. The fourth-order valence-electron chi connectivity index (χ4n) is 7.99. The molecule has 12 nitrogen and oxygen atoms in total. The van der Waals surface area contributed by atoms with Gasteiger partial charge in [0.25, 0.3) is 0 Å². The second-order valence-corrected chi connectivity index (χ2v) is 28.6. The van der Waals surface area contributed by atoms with Gasteiger partial charge in [-0.1, -0.05) is 62.3 Å². The highest BCUT2D eigenvalue weighted by Gasteiger charge is 2.60. The maximum atomic E-state index is 13.9. The Bertz CT molecular complexity index is 1300. The lowest BCUT2D eigenvalue weighted by Gasteiger charge is -2.49. The van der Waals surface area contributed by atoms with E-state index < -0.39 is 96.2 Å². The van der Waals surface area contributed by atoms with Crippen molar-refractivity contribution in [1.29, 1.82) is 0 Å². The number of hydrogen-bond acceptors (Lipinski definition) is 13. The first-order valence-corrected chi connectivity index (χ1v) is 25.9. The van der Waals surface area contributed by atoms with Crippen LogP contribution in [0.15, 0.2) is 0 Å². The van der Waals surface area contributed by atoms with Crippen molar-refractivity contribution in [3.8, 4) is 0 Å². The van der Waals surface area contributed by atoms with Crippen molar-refractivity contribution < 1.29 is 55.8 Å². The monoisotopic (exact) mass is 784 g/mol. The van der Waals surface area contributed by atoms with Crippen molar-refractivity contribution in [2.75, 3.05) is 37.9 Å². The predicted molar refractivity (Wildman–Crippen MR) is 195 cm³/mol. The second-order valence-electron chi connectivity index (χ2n) is 18.3. The molecule has 6 rings (SSSR count). The van der Waals surface area contributed by atoms with Crippen LogP contribution in [0.1, 0.15) is 75.2 Å². The summed E-state index contributed by atoms with van der Waals surface area (Å²) in [7, 11) is -7.94. The van der Waals surface area contributed by atoms with E-state index >= 15 is 0 Å². The number of rotatable bonds is 12.